The number of H-pyrrole nitrogens is 1. The van der Waals surface area contributed by atoms with Crippen molar-refractivity contribution < 1.29 is 12.8 Å². The molecule has 0 aliphatic carbocycles. The number of halogens is 2. The lowest BCUT2D eigenvalue weighted by Crippen LogP contribution is -2.15. The van der Waals surface area contributed by atoms with Crippen LogP contribution in [0, 0.1) is 12.7 Å². The summed E-state index contributed by atoms with van der Waals surface area (Å²) >= 11 is 5.91. The second-order valence-electron chi connectivity index (χ2n) is 5.79. The summed E-state index contributed by atoms with van der Waals surface area (Å²) in [6.07, 6.45) is 2.71. The van der Waals surface area contributed by atoms with Crippen molar-refractivity contribution >= 4 is 27.3 Å². The normalized spacial score (nSPS) is 12.8. The van der Waals surface area contributed by atoms with Crippen LogP contribution in [0.1, 0.15) is 23.1 Å². The van der Waals surface area contributed by atoms with E-state index in [0.717, 1.165) is 6.26 Å². The number of sulfone groups is 1. The third-order valence-corrected chi connectivity index (χ3v) is 5.11. The first-order chi connectivity index (χ1) is 12.3. The van der Waals surface area contributed by atoms with Gasteiger partial charge in [0.15, 0.2) is 14.9 Å². The molecule has 3 aromatic rings. The van der Waals surface area contributed by atoms with Crippen molar-refractivity contribution in [3.05, 3.63) is 70.5 Å². The van der Waals surface area contributed by atoms with E-state index in [2.05, 4.69) is 20.3 Å². The molecule has 3 rings (SSSR count). The van der Waals surface area contributed by atoms with Crippen LogP contribution < -0.4 is 5.32 Å². The van der Waals surface area contributed by atoms with Crippen LogP contribution in [-0.4, -0.2) is 29.6 Å². The molecule has 0 bridgehead atoms. The van der Waals surface area contributed by atoms with Gasteiger partial charge in [0.05, 0.1) is 10.7 Å². The molecule has 2 N–H and O–H groups in total. The number of anilines is 1. The van der Waals surface area contributed by atoms with Gasteiger partial charge in [-0.15, -0.1) is 0 Å². The predicted octanol–water partition coefficient (Wildman–Crippen LogP) is 3.51. The van der Waals surface area contributed by atoms with Gasteiger partial charge in [-0.3, -0.25) is 0 Å². The van der Waals surface area contributed by atoms with Crippen LogP contribution in [0.15, 0.2) is 47.6 Å². The van der Waals surface area contributed by atoms with Crippen LogP contribution in [0.3, 0.4) is 0 Å². The van der Waals surface area contributed by atoms with E-state index < -0.39 is 21.7 Å². The van der Waals surface area contributed by atoms with Crippen molar-refractivity contribution in [3.63, 3.8) is 0 Å². The molecule has 0 spiro atoms. The Morgan fingerprint density at radius 1 is 1.27 bits per heavy atom. The minimum atomic E-state index is -3.49. The molecule has 0 amide bonds. The van der Waals surface area contributed by atoms with Crippen molar-refractivity contribution in [2.45, 2.75) is 18.0 Å². The summed E-state index contributed by atoms with van der Waals surface area (Å²) in [6, 6.07) is 9.00. The van der Waals surface area contributed by atoms with E-state index in [0.29, 0.717) is 22.9 Å². The molecule has 0 aliphatic heterocycles. The lowest BCUT2D eigenvalue weighted by atomic mass is 10.1. The number of imidazole rings is 1. The van der Waals surface area contributed by atoms with Crippen molar-refractivity contribution in [1.82, 2.24) is 15.0 Å². The minimum Gasteiger partial charge on any atom is -0.356 e. The van der Waals surface area contributed by atoms with Gasteiger partial charge in [-0.1, -0.05) is 23.7 Å². The summed E-state index contributed by atoms with van der Waals surface area (Å²) in [5, 5.41) is 3.10. The third-order valence-electron chi connectivity index (χ3n) is 3.72. The summed E-state index contributed by atoms with van der Waals surface area (Å²) in [5.41, 5.74) is 1.03. The van der Waals surface area contributed by atoms with Crippen LogP contribution in [0.4, 0.5) is 10.2 Å². The number of nitrogens with zero attached hydrogens (tertiary/aromatic N) is 2. The highest BCUT2D eigenvalue weighted by atomic mass is 35.5. The summed E-state index contributed by atoms with van der Waals surface area (Å²) in [6.45, 7) is 1.63. The summed E-state index contributed by atoms with van der Waals surface area (Å²) in [5.74, 6) is 0.364. The number of hydrogen-bond acceptors (Lipinski definition) is 5. The zero-order valence-electron chi connectivity index (χ0n) is 14.0. The molecule has 6 nitrogen and oxygen atoms in total. The SMILES string of the molecule is Cc1[nH]c(C(Nc2ccccn2)c2ccc(F)c(Cl)c2)nc1S(C)(=O)=O. The first kappa shape index (κ1) is 18.3. The van der Waals surface area contributed by atoms with Crippen molar-refractivity contribution in [1.29, 1.82) is 0 Å². The second-order valence-corrected chi connectivity index (χ2v) is 8.13. The molecule has 1 unspecified atom stereocenters. The average molecular weight is 395 g/mol. The van der Waals surface area contributed by atoms with Gasteiger partial charge in [0.2, 0.25) is 0 Å². The molecule has 1 atom stereocenters. The van der Waals surface area contributed by atoms with E-state index in [9.17, 15) is 12.8 Å². The molecule has 2 aromatic heterocycles. The number of aromatic amines is 1. The smallest absolute Gasteiger partial charge is 0.194 e. The molecule has 0 radical (unpaired) electrons. The number of rotatable bonds is 5. The first-order valence-electron chi connectivity index (χ1n) is 7.65. The Labute approximate surface area is 155 Å². The lowest BCUT2D eigenvalue weighted by Gasteiger charge is -2.18. The Morgan fingerprint density at radius 3 is 2.62 bits per heavy atom. The highest BCUT2D eigenvalue weighted by Gasteiger charge is 2.24. The second kappa shape index (κ2) is 7.05. The number of aromatic nitrogens is 3. The monoisotopic (exact) mass is 394 g/mol. The van der Waals surface area contributed by atoms with Crippen molar-refractivity contribution in [2.24, 2.45) is 0 Å². The molecule has 9 heteroatoms. The Kier molecular flexibility index (Phi) is 4.97. The van der Waals surface area contributed by atoms with Gasteiger partial charge in [-0.2, -0.15) is 0 Å². The molecule has 1 aromatic carbocycles. The Morgan fingerprint density at radius 2 is 2.04 bits per heavy atom. The topological polar surface area (TPSA) is 87.7 Å². The Bertz CT molecular complexity index is 1040. The molecule has 0 fully saturated rings. The van der Waals surface area contributed by atoms with Crippen LogP contribution in [0.5, 0.6) is 0 Å². The maximum atomic E-state index is 13.5. The van der Waals surface area contributed by atoms with Gasteiger partial charge in [0.1, 0.15) is 23.5 Å². The molecule has 136 valence electrons. The van der Waals surface area contributed by atoms with E-state index in [4.69, 9.17) is 11.6 Å². The predicted molar refractivity (Wildman–Crippen MR) is 97.5 cm³/mol. The first-order valence-corrected chi connectivity index (χ1v) is 9.91. The summed E-state index contributed by atoms with van der Waals surface area (Å²) < 4.78 is 37.3. The highest BCUT2D eigenvalue weighted by Crippen LogP contribution is 2.28. The highest BCUT2D eigenvalue weighted by molar-refractivity contribution is 7.90. The number of aryl methyl sites for hydroxylation is 1. The molecule has 26 heavy (non-hydrogen) atoms. The number of nitrogens with one attached hydrogen (secondary N) is 2. The van der Waals surface area contributed by atoms with Gasteiger partial charge in [-0.25, -0.2) is 22.8 Å². The zero-order chi connectivity index (χ0) is 18.9. The minimum absolute atomic E-state index is 0.0338. The van der Waals surface area contributed by atoms with Gasteiger partial charge in [-0.05, 0) is 36.8 Å². The molecular weight excluding hydrogens is 379 g/mol. The number of hydrogen-bond donors (Lipinski definition) is 2. The van der Waals surface area contributed by atoms with Crippen LogP contribution in [0.25, 0.3) is 0 Å². The van der Waals surface area contributed by atoms with Gasteiger partial charge < -0.3 is 10.3 Å². The average Bonchev–Trinajstić information content (AvgIpc) is 2.98. The maximum Gasteiger partial charge on any atom is 0.194 e. The van der Waals surface area contributed by atoms with E-state index >= 15 is 0 Å². The number of pyridine rings is 1. The van der Waals surface area contributed by atoms with Crippen LogP contribution >= 0.6 is 11.6 Å². The summed E-state index contributed by atoms with van der Waals surface area (Å²) in [7, 11) is -3.49. The molecular formula is C17H16ClFN4O2S. The van der Waals surface area contributed by atoms with Gasteiger partial charge in [0.25, 0.3) is 0 Å². The quantitative estimate of drug-likeness (QED) is 0.691. The standard InChI is InChI=1S/C17H16ClFN4O2S/c1-10-17(26(2,24)25)23-16(21-10)15(22-14-5-3-4-8-20-14)11-6-7-13(19)12(18)9-11/h3-9,15H,1-2H3,(H,20,22)(H,21,23). The fourth-order valence-electron chi connectivity index (χ4n) is 2.56. The maximum absolute atomic E-state index is 13.5. The van der Waals surface area contributed by atoms with E-state index in [1.807, 2.05) is 0 Å². The van der Waals surface area contributed by atoms with Crippen molar-refractivity contribution in [3.8, 4) is 0 Å². The van der Waals surface area contributed by atoms with Crippen LogP contribution in [-0.2, 0) is 9.84 Å². The Balaban J connectivity index is 2.10. The molecule has 2 heterocycles. The largest absolute Gasteiger partial charge is 0.356 e. The fraction of sp³-hybridized carbons (Fsp3) is 0.176. The summed E-state index contributed by atoms with van der Waals surface area (Å²) in [4.78, 5) is 11.4. The third kappa shape index (κ3) is 3.86. The molecule has 0 aliphatic rings. The van der Waals surface area contributed by atoms with Crippen molar-refractivity contribution in [2.75, 3.05) is 11.6 Å². The van der Waals surface area contributed by atoms with E-state index in [1.54, 1.807) is 37.4 Å². The van der Waals surface area contributed by atoms with Gasteiger partial charge >= 0.3 is 0 Å². The van der Waals surface area contributed by atoms with Crippen LogP contribution in [0.2, 0.25) is 5.02 Å². The fourth-order valence-corrected chi connectivity index (χ4v) is 3.62. The molecule has 0 saturated carbocycles. The van der Waals surface area contributed by atoms with E-state index in [1.165, 1.54) is 12.1 Å². The lowest BCUT2D eigenvalue weighted by molar-refractivity contribution is 0.597. The zero-order valence-corrected chi connectivity index (χ0v) is 15.6. The Hall–Kier alpha value is -2.45. The number of benzene rings is 1. The molecule has 0 saturated heterocycles. The van der Waals surface area contributed by atoms with E-state index in [-0.39, 0.29) is 10.0 Å². The van der Waals surface area contributed by atoms with Gasteiger partial charge in [0, 0.05) is 12.5 Å².